The predicted octanol–water partition coefficient (Wildman–Crippen LogP) is 4.56. The fraction of sp³-hybridized carbons (Fsp3) is 0.308. The summed E-state index contributed by atoms with van der Waals surface area (Å²) in [7, 11) is 0. The average Bonchev–Trinajstić information content (AvgIpc) is 2.91. The highest BCUT2D eigenvalue weighted by Crippen LogP contribution is 2.39. The summed E-state index contributed by atoms with van der Waals surface area (Å²) >= 11 is 0.126. The molecule has 4 nitrogen and oxygen atoms in total. The van der Waals surface area contributed by atoms with Crippen LogP contribution in [0.15, 0.2) is 12.3 Å². The molecule has 0 bridgehead atoms. The van der Waals surface area contributed by atoms with Crippen LogP contribution in [0.5, 0.6) is 0 Å². The highest BCUT2D eigenvalue weighted by atomic mass is 32.1. The molecular formula is C13H7F7N2O2S. The van der Waals surface area contributed by atoms with Crippen LogP contribution < -0.4 is 0 Å². The maximum Gasteiger partial charge on any atom is 0.435 e. The first-order chi connectivity index (χ1) is 11.4. The molecule has 0 aliphatic rings. The van der Waals surface area contributed by atoms with Crippen LogP contribution in [0, 0.1) is 5.82 Å². The smallest absolute Gasteiger partial charge is 0.435 e. The number of hydrogen-bond acceptors (Lipinski definition) is 5. The Morgan fingerprint density at radius 1 is 1.20 bits per heavy atom. The zero-order valence-corrected chi connectivity index (χ0v) is 12.9. The van der Waals surface area contributed by atoms with E-state index in [1.165, 1.54) is 6.92 Å². The molecule has 136 valence electrons. The second kappa shape index (κ2) is 6.58. The van der Waals surface area contributed by atoms with E-state index in [0.29, 0.717) is 0 Å². The molecule has 0 unspecified atom stereocenters. The number of carbonyl (C=O) groups is 1. The van der Waals surface area contributed by atoms with Crippen LogP contribution in [0.4, 0.5) is 30.7 Å². The molecule has 0 saturated heterocycles. The molecule has 25 heavy (non-hydrogen) atoms. The van der Waals surface area contributed by atoms with E-state index in [9.17, 15) is 35.5 Å². The van der Waals surface area contributed by atoms with Gasteiger partial charge in [-0.3, -0.25) is 0 Å². The number of carbonyl (C=O) groups excluding carboxylic acids is 1. The summed E-state index contributed by atoms with van der Waals surface area (Å²) in [6.45, 7) is 1.15. The van der Waals surface area contributed by atoms with Gasteiger partial charge in [0.2, 0.25) is 0 Å². The minimum absolute atomic E-state index is 0.0844. The molecular weight excluding hydrogens is 381 g/mol. The maximum atomic E-state index is 13.9. The summed E-state index contributed by atoms with van der Waals surface area (Å²) < 4.78 is 94.7. The molecule has 0 saturated carbocycles. The van der Waals surface area contributed by atoms with Crippen molar-refractivity contribution in [3.05, 3.63) is 34.2 Å². The van der Waals surface area contributed by atoms with E-state index in [1.54, 1.807) is 0 Å². The maximum absolute atomic E-state index is 13.9. The van der Waals surface area contributed by atoms with Gasteiger partial charge in [-0.2, -0.15) is 26.3 Å². The third-order valence-corrected chi connectivity index (χ3v) is 3.77. The van der Waals surface area contributed by atoms with Crippen LogP contribution in [0.2, 0.25) is 0 Å². The predicted molar refractivity (Wildman–Crippen MR) is 71.3 cm³/mol. The largest absolute Gasteiger partial charge is 0.462 e. The van der Waals surface area contributed by atoms with Crippen molar-refractivity contribution < 1.29 is 40.3 Å². The number of thiazole rings is 1. The standard InChI is InChI=1S/C13H7F7N2O2S/c1-2-24-11(23)8-9(13(18,19)20)22-10(25-8)7-6(14)3-5(4-21-7)12(15,16)17/h3-4H,2H2,1H3. The highest BCUT2D eigenvalue weighted by Gasteiger charge is 2.41. The van der Waals surface area contributed by atoms with Crippen molar-refractivity contribution in [3.63, 3.8) is 0 Å². The molecule has 0 aliphatic heterocycles. The van der Waals surface area contributed by atoms with E-state index in [0.717, 1.165) is 0 Å². The molecule has 12 heteroatoms. The molecule has 2 aromatic heterocycles. The summed E-state index contributed by atoms with van der Waals surface area (Å²) in [5.74, 6) is -2.85. The molecule has 0 spiro atoms. The molecule has 2 aromatic rings. The third kappa shape index (κ3) is 4.06. The van der Waals surface area contributed by atoms with Crippen LogP contribution in [0.25, 0.3) is 10.7 Å². The normalized spacial score (nSPS) is 12.3. The zero-order valence-electron chi connectivity index (χ0n) is 12.1. The molecule has 2 rings (SSSR count). The fourth-order valence-corrected chi connectivity index (χ4v) is 2.68. The minimum atomic E-state index is -5.04. The number of alkyl halides is 6. The van der Waals surface area contributed by atoms with Gasteiger partial charge in [0.1, 0.15) is 15.6 Å². The van der Waals surface area contributed by atoms with Gasteiger partial charge in [-0.1, -0.05) is 0 Å². The van der Waals surface area contributed by atoms with Gasteiger partial charge in [0, 0.05) is 6.20 Å². The topological polar surface area (TPSA) is 52.1 Å². The highest BCUT2D eigenvalue weighted by molar-refractivity contribution is 7.17. The lowest BCUT2D eigenvalue weighted by Crippen LogP contribution is -2.13. The Bertz CT molecular complexity index is 799. The summed E-state index contributed by atoms with van der Waals surface area (Å²) in [6, 6.07) is 0.0844. The Morgan fingerprint density at radius 2 is 1.84 bits per heavy atom. The number of hydrogen-bond donors (Lipinski definition) is 0. The molecule has 0 aliphatic carbocycles. The lowest BCUT2D eigenvalue weighted by atomic mass is 10.2. The Balaban J connectivity index is 2.55. The lowest BCUT2D eigenvalue weighted by molar-refractivity contribution is -0.141. The molecule has 0 radical (unpaired) electrons. The van der Waals surface area contributed by atoms with Crippen molar-refractivity contribution in [2.24, 2.45) is 0 Å². The van der Waals surface area contributed by atoms with E-state index in [1.807, 2.05) is 0 Å². The van der Waals surface area contributed by atoms with Crippen LogP contribution in [-0.2, 0) is 17.1 Å². The first kappa shape index (κ1) is 19.1. The third-order valence-electron chi connectivity index (χ3n) is 2.73. The number of halogens is 7. The first-order valence-electron chi connectivity index (χ1n) is 6.43. The van der Waals surface area contributed by atoms with Crippen molar-refractivity contribution in [2.75, 3.05) is 6.61 Å². The fourth-order valence-electron chi connectivity index (χ4n) is 1.70. The Hall–Kier alpha value is -2.24. The molecule has 0 atom stereocenters. The van der Waals surface area contributed by atoms with Crippen molar-refractivity contribution >= 4 is 17.3 Å². The number of pyridine rings is 1. The summed E-state index contributed by atoms with van der Waals surface area (Å²) in [4.78, 5) is 17.0. The van der Waals surface area contributed by atoms with Crippen molar-refractivity contribution in [1.29, 1.82) is 0 Å². The van der Waals surface area contributed by atoms with Gasteiger partial charge in [-0.05, 0) is 13.0 Å². The summed E-state index contributed by atoms with van der Waals surface area (Å²) in [6.07, 6.45) is -9.65. The van der Waals surface area contributed by atoms with Gasteiger partial charge < -0.3 is 4.74 Å². The van der Waals surface area contributed by atoms with Gasteiger partial charge in [-0.25, -0.2) is 19.2 Å². The van der Waals surface area contributed by atoms with E-state index in [-0.39, 0.29) is 30.2 Å². The Morgan fingerprint density at radius 3 is 2.32 bits per heavy atom. The van der Waals surface area contributed by atoms with E-state index in [4.69, 9.17) is 0 Å². The number of nitrogens with zero attached hydrogens (tertiary/aromatic N) is 2. The number of ether oxygens (including phenoxy) is 1. The van der Waals surface area contributed by atoms with Crippen molar-refractivity contribution in [1.82, 2.24) is 9.97 Å². The van der Waals surface area contributed by atoms with Gasteiger partial charge >= 0.3 is 18.3 Å². The number of rotatable bonds is 3. The monoisotopic (exact) mass is 388 g/mol. The first-order valence-corrected chi connectivity index (χ1v) is 7.25. The second-order valence-corrected chi connectivity index (χ2v) is 5.47. The Kier molecular flexibility index (Phi) is 5.02. The van der Waals surface area contributed by atoms with Crippen LogP contribution in [0.1, 0.15) is 27.9 Å². The average molecular weight is 388 g/mol. The van der Waals surface area contributed by atoms with Gasteiger partial charge in [0.25, 0.3) is 0 Å². The van der Waals surface area contributed by atoms with Gasteiger partial charge in [0.15, 0.2) is 11.5 Å². The van der Waals surface area contributed by atoms with E-state index in [2.05, 4.69) is 14.7 Å². The van der Waals surface area contributed by atoms with Crippen molar-refractivity contribution in [2.45, 2.75) is 19.3 Å². The minimum Gasteiger partial charge on any atom is -0.462 e. The number of aromatic nitrogens is 2. The van der Waals surface area contributed by atoms with Crippen LogP contribution in [-0.4, -0.2) is 22.5 Å². The van der Waals surface area contributed by atoms with Crippen LogP contribution in [0.3, 0.4) is 0 Å². The number of esters is 1. The molecule has 0 fully saturated rings. The molecule has 0 aromatic carbocycles. The zero-order chi connectivity index (χ0) is 19.0. The van der Waals surface area contributed by atoms with Crippen molar-refractivity contribution in [3.8, 4) is 10.7 Å². The molecule has 0 N–H and O–H groups in total. The lowest BCUT2D eigenvalue weighted by Gasteiger charge is -2.07. The Labute approximate surface area is 139 Å². The van der Waals surface area contributed by atoms with E-state index < -0.39 is 51.0 Å². The SMILES string of the molecule is CCOC(=O)c1sc(-c2ncc(C(F)(F)F)cc2F)nc1C(F)(F)F. The van der Waals surface area contributed by atoms with E-state index >= 15 is 0 Å². The van der Waals surface area contributed by atoms with Gasteiger partial charge in [0.05, 0.1) is 12.2 Å². The van der Waals surface area contributed by atoms with Crippen LogP contribution >= 0.6 is 11.3 Å². The summed E-state index contributed by atoms with van der Waals surface area (Å²) in [5.41, 5.74) is -3.86. The molecule has 2 heterocycles. The van der Waals surface area contributed by atoms with Gasteiger partial charge in [-0.15, -0.1) is 11.3 Å². The quantitative estimate of drug-likeness (QED) is 0.572. The second-order valence-electron chi connectivity index (χ2n) is 4.47. The molecule has 0 amide bonds. The summed E-state index contributed by atoms with van der Waals surface area (Å²) in [5, 5.41) is -0.693.